The molecule has 0 unspecified atom stereocenters. The fourth-order valence-electron chi connectivity index (χ4n) is 1.48. The molecule has 0 spiro atoms. The first-order valence-corrected chi connectivity index (χ1v) is 5.07. The van der Waals surface area contributed by atoms with Crippen LogP contribution in [0.5, 0.6) is 0 Å². The first-order valence-electron chi connectivity index (χ1n) is 5.07. The van der Waals surface area contributed by atoms with E-state index >= 15 is 0 Å². The zero-order valence-electron chi connectivity index (χ0n) is 9.17. The third-order valence-corrected chi connectivity index (χ3v) is 2.38. The van der Waals surface area contributed by atoms with E-state index < -0.39 is 0 Å². The van der Waals surface area contributed by atoms with Gasteiger partial charge in [0.15, 0.2) is 0 Å². The van der Waals surface area contributed by atoms with Crippen molar-refractivity contribution in [2.45, 2.75) is 6.54 Å². The predicted octanol–water partition coefficient (Wildman–Crippen LogP) is 1.70. The van der Waals surface area contributed by atoms with Crippen molar-refractivity contribution in [1.29, 1.82) is 0 Å². The minimum Gasteiger partial charge on any atom is -0.384 e. The Balaban J connectivity index is 2.09. The van der Waals surface area contributed by atoms with Gasteiger partial charge in [0.2, 0.25) is 0 Å². The monoisotopic (exact) mass is 214 g/mol. The van der Waals surface area contributed by atoms with Crippen LogP contribution in [-0.4, -0.2) is 17.0 Å². The topological polar surface area (TPSA) is 55.0 Å². The van der Waals surface area contributed by atoms with Gasteiger partial charge in [0.05, 0.1) is 11.9 Å². The third kappa shape index (κ3) is 2.48. The molecule has 0 aromatic carbocycles. The number of nitrogen functional groups attached to an aromatic ring is 1. The smallest absolute Gasteiger partial charge is 0.123 e. The summed E-state index contributed by atoms with van der Waals surface area (Å²) in [5.74, 6) is 0.543. The van der Waals surface area contributed by atoms with E-state index in [2.05, 4.69) is 14.9 Å². The van der Waals surface area contributed by atoms with Crippen molar-refractivity contribution in [2.24, 2.45) is 0 Å². The van der Waals surface area contributed by atoms with E-state index in [1.54, 1.807) is 24.7 Å². The Kier molecular flexibility index (Phi) is 3.00. The summed E-state index contributed by atoms with van der Waals surface area (Å²) in [6.07, 6.45) is 5.37. The van der Waals surface area contributed by atoms with Crippen LogP contribution in [0.4, 0.5) is 11.5 Å². The molecule has 2 aromatic heterocycles. The van der Waals surface area contributed by atoms with Crippen molar-refractivity contribution in [2.75, 3.05) is 17.7 Å². The second-order valence-electron chi connectivity index (χ2n) is 3.65. The number of pyridine rings is 2. The molecule has 4 heteroatoms. The largest absolute Gasteiger partial charge is 0.384 e. The van der Waals surface area contributed by atoms with Crippen LogP contribution in [0.2, 0.25) is 0 Å². The number of anilines is 2. The van der Waals surface area contributed by atoms with Crippen molar-refractivity contribution in [3.05, 3.63) is 48.4 Å². The molecule has 0 bridgehead atoms. The molecule has 2 heterocycles. The summed E-state index contributed by atoms with van der Waals surface area (Å²) >= 11 is 0. The van der Waals surface area contributed by atoms with Crippen molar-refractivity contribution >= 4 is 11.5 Å². The lowest BCUT2D eigenvalue weighted by Gasteiger charge is -2.18. The maximum atomic E-state index is 5.54. The zero-order chi connectivity index (χ0) is 11.4. The van der Waals surface area contributed by atoms with E-state index in [0.717, 1.165) is 12.2 Å². The molecule has 0 fully saturated rings. The number of rotatable bonds is 3. The first kappa shape index (κ1) is 10.4. The first-order chi connectivity index (χ1) is 7.75. The Morgan fingerprint density at radius 1 is 1.19 bits per heavy atom. The van der Waals surface area contributed by atoms with Crippen LogP contribution in [0, 0.1) is 0 Å². The normalized spacial score (nSPS) is 10.1. The van der Waals surface area contributed by atoms with Crippen molar-refractivity contribution in [3.63, 3.8) is 0 Å². The van der Waals surface area contributed by atoms with Gasteiger partial charge in [-0.25, -0.2) is 4.98 Å². The molecule has 0 amide bonds. The van der Waals surface area contributed by atoms with Crippen LogP contribution in [0.3, 0.4) is 0 Å². The number of aromatic nitrogens is 2. The van der Waals surface area contributed by atoms with Gasteiger partial charge in [-0.1, -0.05) is 0 Å². The van der Waals surface area contributed by atoms with Crippen LogP contribution >= 0.6 is 0 Å². The molecule has 0 aliphatic rings. The van der Waals surface area contributed by atoms with E-state index in [0.29, 0.717) is 5.82 Å². The molecule has 0 radical (unpaired) electrons. The quantitative estimate of drug-likeness (QED) is 0.844. The minimum atomic E-state index is 0.543. The zero-order valence-corrected chi connectivity index (χ0v) is 9.17. The summed E-state index contributed by atoms with van der Waals surface area (Å²) in [4.78, 5) is 10.2. The second kappa shape index (κ2) is 4.61. The average molecular weight is 214 g/mol. The summed E-state index contributed by atoms with van der Waals surface area (Å²) in [7, 11) is 2.02. The van der Waals surface area contributed by atoms with E-state index in [4.69, 9.17) is 5.73 Å². The molecule has 16 heavy (non-hydrogen) atoms. The van der Waals surface area contributed by atoms with E-state index in [1.807, 2.05) is 25.2 Å². The maximum absolute atomic E-state index is 5.54. The molecule has 2 rings (SSSR count). The van der Waals surface area contributed by atoms with Gasteiger partial charge in [0, 0.05) is 26.0 Å². The van der Waals surface area contributed by atoms with Gasteiger partial charge in [-0.3, -0.25) is 4.98 Å². The Hall–Kier alpha value is -2.10. The average Bonchev–Trinajstić information content (AvgIpc) is 2.31. The summed E-state index contributed by atoms with van der Waals surface area (Å²) in [6.45, 7) is 0.827. The SMILES string of the molecule is CN(Cc1ccncc1)c1ccc(N)nc1. The van der Waals surface area contributed by atoms with Crippen molar-refractivity contribution in [3.8, 4) is 0 Å². The summed E-state index contributed by atoms with van der Waals surface area (Å²) in [5, 5.41) is 0. The van der Waals surface area contributed by atoms with Crippen LogP contribution in [0.15, 0.2) is 42.9 Å². The highest BCUT2D eigenvalue weighted by molar-refractivity contribution is 5.47. The Bertz CT molecular complexity index is 438. The van der Waals surface area contributed by atoms with Gasteiger partial charge in [-0.15, -0.1) is 0 Å². The highest BCUT2D eigenvalue weighted by Crippen LogP contribution is 2.14. The van der Waals surface area contributed by atoms with Gasteiger partial charge in [0.25, 0.3) is 0 Å². The highest BCUT2D eigenvalue weighted by Gasteiger charge is 2.01. The lowest BCUT2D eigenvalue weighted by Crippen LogP contribution is -2.16. The summed E-state index contributed by atoms with van der Waals surface area (Å²) < 4.78 is 0. The molecule has 0 saturated heterocycles. The lowest BCUT2D eigenvalue weighted by molar-refractivity contribution is 0.915. The molecular weight excluding hydrogens is 200 g/mol. The molecular formula is C12H14N4. The van der Waals surface area contributed by atoms with Crippen LogP contribution in [0.1, 0.15) is 5.56 Å². The number of nitrogens with two attached hydrogens (primary N) is 1. The van der Waals surface area contributed by atoms with Crippen LogP contribution < -0.4 is 10.6 Å². The maximum Gasteiger partial charge on any atom is 0.123 e. The Morgan fingerprint density at radius 3 is 2.56 bits per heavy atom. The number of hydrogen-bond donors (Lipinski definition) is 1. The molecule has 2 aromatic rings. The molecule has 0 aliphatic carbocycles. The fraction of sp³-hybridized carbons (Fsp3) is 0.167. The van der Waals surface area contributed by atoms with Crippen molar-refractivity contribution in [1.82, 2.24) is 9.97 Å². The molecule has 2 N–H and O–H groups in total. The van der Waals surface area contributed by atoms with Gasteiger partial charge < -0.3 is 10.6 Å². The summed E-state index contributed by atoms with van der Waals surface area (Å²) in [6, 6.07) is 7.77. The minimum absolute atomic E-state index is 0.543. The Morgan fingerprint density at radius 2 is 1.94 bits per heavy atom. The number of nitrogens with zero attached hydrogens (tertiary/aromatic N) is 3. The van der Waals surface area contributed by atoms with Crippen molar-refractivity contribution < 1.29 is 0 Å². The molecule has 4 nitrogen and oxygen atoms in total. The predicted molar refractivity (Wildman–Crippen MR) is 65.0 cm³/mol. The standard InChI is InChI=1S/C12H14N4/c1-16(9-10-4-6-14-7-5-10)11-2-3-12(13)15-8-11/h2-8H,9H2,1H3,(H2,13,15). The van der Waals surface area contributed by atoms with Gasteiger partial charge in [-0.2, -0.15) is 0 Å². The van der Waals surface area contributed by atoms with E-state index in [9.17, 15) is 0 Å². The highest BCUT2D eigenvalue weighted by atomic mass is 15.1. The molecule has 0 aliphatic heterocycles. The lowest BCUT2D eigenvalue weighted by atomic mass is 10.2. The fourth-order valence-corrected chi connectivity index (χ4v) is 1.48. The molecule has 0 saturated carbocycles. The van der Waals surface area contributed by atoms with E-state index in [1.165, 1.54) is 5.56 Å². The van der Waals surface area contributed by atoms with Gasteiger partial charge in [-0.05, 0) is 29.8 Å². The van der Waals surface area contributed by atoms with Crippen LogP contribution in [0.25, 0.3) is 0 Å². The van der Waals surface area contributed by atoms with Gasteiger partial charge >= 0.3 is 0 Å². The summed E-state index contributed by atoms with van der Waals surface area (Å²) in [5.41, 5.74) is 7.81. The molecule has 82 valence electrons. The Labute approximate surface area is 94.8 Å². The second-order valence-corrected chi connectivity index (χ2v) is 3.65. The third-order valence-electron chi connectivity index (χ3n) is 2.38. The van der Waals surface area contributed by atoms with Gasteiger partial charge in [0.1, 0.15) is 5.82 Å². The molecule has 0 atom stereocenters. The number of hydrogen-bond acceptors (Lipinski definition) is 4. The van der Waals surface area contributed by atoms with E-state index in [-0.39, 0.29) is 0 Å². The van der Waals surface area contributed by atoms with Crippen LogP contribution in [-0.2, 0) is 6.54 Å².